The predicted octanol–water partition coefficient (Wildman–Crippen LogP) is 4.69. The lowest BCUT2D eigenvalue weighted by Gasteiger charge is -2.02. The van der Waals surface area contributed by atoms with E-state index in [-0.39, 0.29) is 5.76 Å². The van der Waals surface area contributed by atoms with E-state index in [1.807, 2.05) is 42.8 Å². The van der Waals surface area contributed by atoms with Crippen LogP contribution in [0.2, 0.25) is 0 Å². The van der Waals surface area contributed by atoms with Gasteiger partial charge in [0.2, 0.25) is 0 Å². The van der Waals surface area contributed by atoms with Crippen LogP contribution >= 0.6 is 11.3 Å². The first-order valence-electron chi connectivity index (χ1n) is 8.94. The summed E-state index contributed by atoms with van der Waals surface area (Å²) in [5, 5.41) is 0.827. The molecule has 6 heteroatoms. The van der Waals surface area contributed by atoms with Crippen LogP contribution in [-0.2, 0) is 13.5 Å². The van der Waals surface area contributed by atoms with Crippen molar-refractivity contribution in [1.29, 1.82) is 0 Å². The molecule has 5 nitrogen and oxygen atoms in total. The lowest BCUT2D eigenvalue weighted by atomic mass is 10.1. The van der Waals surface area contributed by atoms with E-state index in [0.717, 1.165) is 22.0 Å². The van der Waals surface area contributed by atoms with Crippen LogP contribution in [0.4, 0.5) is 0 Å². The maximum Gasteiger partial charge on any atom is 0.315 e. The van der Waals surface area contributed by atoms with Crippen molar-refractivity contribution >= 4 is 38.4 Å². The van der Waals surface area contributed by atoms with Crippen LogP contribution in [0.3, 0.4) is 0 Å². The minimum Gasteiger partial charge on any atom is -0.490 e. The Bertz CT molecular complexity index is 1210. The minimum absolute atomic E-state index is 0.213. The van der Waals surface area contributed by atoms with E-state index in [1.165, 1.54) is 16.9 Å². The van der Waals surface area contributed by atoms with Crippen molar-refractivity contribution in [3.05, 3.63) is 58.6 Å². The fourth-order valence-electron chi connectivity index (χ4n) is 3.23. The fourth-order valence-corrected chi connectivity index (χ4v) is 4.29. The van der Waals surface area contributed by atoms with E-state index in [4.69, 9.17) is 9.15 Å². The zero-order valence-corrected chi connectivity index (χ0v) is 16.3. The van der Waals surface area contributed by atoms with Crippen LogP contribution in [0.1, 0.15) is 30.0 Å². The molecule has 2 heterocycles. The Morgan fingerprint density at radius 1 is 1.22 bits per heavy atom. The molecule has 0 N–H and O–H groups in total. The zero-order valence-electron chi connectivity index (χ0n) is 15.5. The molecule has 0 saturated carbocycles. The van der Waals surface area contributed by atoms with E-state index in [0.29, 0.717) is 22.7 Å². The molecule has 27 heavy (non-hydrogen) atoms. The number of furan rings is 1. The number of carbonyl (C=O) groups is 1. The Labute approximate surface area is 160 Å². The third-order valence-electron chi connectivity index (χ3n) is 4.50. The molecule has 0 saturated heterocycles. The summed E-state index contributed by atoms with van der Waals surface area (Å²) >= 11 is 1.50. The molecule has 0 spiro atoms. The number of aromatic nitrogens is 1. The molecule has 4 aromatic rings. The summed E-state index contributed by atoms with van der Waals surface area (Å²) in [6.45, 7) is 4.57. The average Bonchev–Trinajstić information content (AvgIpc) is 3.24. The molecule has 0 aliphatic rings. The maximum absolute atomic E-state index is 12.7. The average molecular weight is 380 g/mol. The van der Waals surface area contributed by atoms with Crippen LogP contribution in [0.5, 0.6) is 5.75 Å². The van der Waals surface area contributed by atoms with E-state index in [1.54, 1.807) is 6.07 Å². The van der Waals surface area contributed by atoms with Crippen LogP contribution in [0.25, 0.3) is 21.2 Å². The maximum atomic E-state index is 12.7. The highest BCUT2D eigenvalue weighted by molar-refractivity contribution is 7.16. The number of rotatable bonds is 4. The minimum atomic E-state index is -0.395. The number of amides is 1. The molecular weight excluding hydrogens is 360 g/mol. The summed E-state index contributed by atoms with van der Waals surface area (Å²) < 4.78 is 14.4. The van der Waals surface area contributed by atoms with Gasteiger partial charge in [0, 0.05) is 12.4 Å². The number of carbonyl (C=O) groups excluding carboxylic acids is 1. The number of nitrogens with zero attached hydrogens (tertiary/aromatic N) is 2. The van der Waals surface area contributed by atoms with Gasteiger partial charge < -0.3 is 13.7 Å². The second kappa shape index (κ2) is 7.04. The third-order valence-corrected chi connectivity index (χ3v) is 5.60. The van der Waals surface area contributed by atoms with Gasteiger partial charge in [-0.25, -0.2) is 0 Å². The van der Waals surface area contributed by atoms with Crippen molar-refractivity contribution in [3.63, 3.8) is 0 Å². The van der Waals surface area contributed by atoms with Gasteiger partial charge in [0.15, 0.2) is 21.9 Å². The van der Waals surface area contributed by atoms with Gasteiger partial charge in [-0.1, -0.05) is 42.5 Å². The first-order chi connectivity index (χ1) is 13.1. The Morgan fingerprint density at radius 2 is 2.04 bits per heavy atom. The lowest BCUT2D eigenvalue weighted by Crippen LogP contribution is -2.13. The molecule has 2 aromatic heterocycles. The lowest BCUT2D eigenvalue weighted by molar-refractivity contribution is 0.0973. The van der Waals surface area contributed by atoms with Gasteiger partial charge in [-0.3, -0.25) is 4.79 Å². The smallest absolute Gasteiger partial charge is 0.315 e. The molecule has 0 unspecified atom stereocenters. The Hall–Kier alpha value is -2.86. The summed E-state index contributed by atoms with van der Waals surface area (Å²) in [5.74, 6) is 0.452. The summed E-state index contributed by atoms with van der Waals surface area (Å²) in [6.07, 6.45) is 0.930. The first kappa shape index (κ1) is 17.5. The van der Waals surface area contributed by atoms with Crippen LogP contribution in [0.15, 0.2) is 51.9 Å². The molecule has 138 valence electrons. The topological polar surface area (TPSA) is 56.7 Å². The number of benzene rings is 2. The Morgan fingerprint density at radius 3 is 2.81 bits per heavy atom. The standard InChI is InChI=1S/C21H20N2O3S/c1-4-13-8-7-11-17-18(13)23(3)21(27-17)22-20(24)16-12-14-9-6-10-15(25-5-2)19(14)26-16/h6-12H,4-5H2,1-3H3. The fraction of sp³-hybridized carbons (Fsp3) is 0.238. The molecule has 0 aliphatic heterocycles. The Balaban J connectivity index is 1.80. The van der Waals surface area contributed by atoms with E-state index in [2.05, 4.69) is 24.0 Å². The highest BCUT2D eigenvalue weighted by Crippen LogP contribution is 2.29. The highest BCUT2D eigenvalue weighted by atomic mass is 32.1. The monoisotopic (exact) mass is 380 g/mol. The Kier molecular flexibility index (Phi) is 4.58. The summed E-state index contributed by atoms with van der Waals surface area (Å²) in [6, 6.07) is 13.5. The molecule has 1 amide bonds. The quantitative estimate of drug-likeness (QED) is 0.516. The number of thiazole rings is 1. The predicted molar refractivity (Wildman–Crippen MR) is 107 cm³/mol. The van der Waals surface area contributed by atoms with Crippen molar-refractivity contribution in [1.82, 2.24) is 4.57 Å². The van der Waals surface area contributed by atoms with E-state index >= 15 is 0 Å². The molecule has 4 rings (SSSR count). The van der Waals surface area contributed by atoms with Gasteiger partial charge >= 0.3 is 5.91 Å². The van der Waals surface area contributed by atoms with Crippen molar-refractivity contribution in [3.8, 4) is 5.75 Å². The van der Waals surface area contributed by atoms with Gasteiger partial charge in [-0.2, -0.15) is 4.99 Å². The first-order valence-corrected chi connectivity index (χ1v) is 9.75. The molecule has 0 atom stereocenters. The molecule has 2 aromatic carbocycles. The second-order valence-electron chi connectivity index (χ2n) is 6.20. The van der Waals surface area contributed by atoms with Gasteiger partial charge in [-0.05, 0) is 37.1 Å². The van der Waals surface area contributed by atoms with Crippen molar-refractivity contribution in [2.75, 3.05) is 6.61 Å². The van der Waals surface area contributed by atoms with Gasteiger partial charge in [0.05, 0.1) is 16.8 Å². The number of hydrogen-bond acceptors (Lipinski definition) is 4. The molecular formula is C21H20N2O3S. The highest BCUT2D eigenvalue weighted by Gasteiger charge is 2.15. The van der Waals surface area contributed by atoms with Gasteiger partial charge in [-0.15, -0.1) is 0 Å². The summed E-state index contributed by atoms with van der Waals surface area (Å²) in [4.78, 5) is 17.7. The molecule has 0 bridgehead atoms. The molecule has 0 radical (unpaired) electrons. The summed E-state index contributed by atoms with van der Waals surface area (Å²) in [7, 11) is 1.94. The van der Waals surface area contributed by atoms with E-state index in [9.17, 15) is 4.79 Å². The molecule has 0 aliphatic carbocycles. The number of hydrogen-bond donors (Lipinski definition) is 0. The number of fused-ring (bicyclic) bond motifs is 2. The van der Waals surface area contributed by atoms with Crippen LogP contribution in [-0.4, -0.2) is 17.1 Å². The van der Waals surface area contributed by atoms with Crippen molar-refractivity contribution in [2.45, 2.75) is 20.3 Å². The third kappa shape index (κ3) is 3.06. The SMILES string of the molecule is CCOc1cccc2cc(C(=O)N=c3sc4cccc(CC)c4n3C)oc12. The van der Waals surface area contributed by atoms with Crippen molar-refractivity contribution in [2.24, 2.45) is 12.0 Å². The van der Waals surface area contributed by atoms with Gasteiger partial charge in [0.1, 0.15) is 0 Å². The summed E-state index contributed by atoms with van der Waals surface area (Å²) in [5.41, 5.74) is 2.94. The zero-order chi connectivity index (χ0) is 19.0. The van der Waals surface area contributed by atoms with E-state index < -0.39 is 5.91 Å². The normalized spacial score (nSPS) is 12.2. The second-order valence-corrected chi connectivity index (χ2v) is 7.21. The molecule has 0 fully saturated rings. The number of para-hydroxylation sites is 2. The van der Waals surface area contributed by atoms with Crippen molar-refractivity contribution < 1.29 is 13.9 Å². The van der Waals surface area contributed by atoms with Crippen LogP contribution < -0.4 is 9.54 Å². The largest absolute Gasteiger partial charge is 0.490 e. The van der Waals surface area contributed by atoms with Gasteiger partial charge in [0.25, 0.3) is 0 Å². The number of aryl methyl sites for hydroxylation is 2. The van der Waals surface area contributed by atoms with Crippen LogP contribution in [0, 0.1) is 0 Å². The number of ether oxygens (including phenoxy) is 1.